The van der Waals surface area contributed by atoms with Gasteiger partial charge in [0.15, 0.2) is 6.10 Å². The lowest BCUT2D eigenvalue weighted by atomic mass is 10.2. The number of alkyl halides is 3. The van der Waals surface area contributed by atoms with E-state index in [9.17, 15) is 27.6 Å². The number of carbonyl (C=O) groups excluding carboxylic acids is 2. The van der Waals surface area contributed by atoms with Crippen LogP contribution in [-0.4, -0.2) is 22.5 Å². The lowest BCUT2D eigenvalue weighted by molar-refractivity contribution is -0.154. The van der Waals surface area contributed by atoms with Gasteiger partial charge < -0.3 is 15.0 Å². The lowest BCUT2D eigenvalue weighted by Crippen LogP contribution is -2.33. The average molecular weight is 327 g/mol. The molecule has 1 atom stereocenters. The predicted octanol–water partition coefficient (Wildman–Crippen LogP) is 0.938. The molecule has 2 N–H and O–H groups in total. The van der Waals surface area contributed by atoms with E-state index >= 15 is 0 Å². The molecule has 0 saturated carbocycles. The predicted molar refractivity (Wildman–Crippen MR) is 65.5 cm³/mol. The molecule has 0 aromatic carbocycles. The fourth-order valence-corrected chi connectivity index (χ4v) is 1.53. The van der Waals surface area contributed by atoms with Crippen molar-refractivity contribution >= 4 is 23.5 Å². The molecule has 6 nitrogen and oxygen atoms in total. The van der Waals surface area contributed by atoms with Crippen LogP contribution in [0.1, 0.15) is 12.5 Å². The van der Waals surface area contributed by atoms with Gasteiger partial charge in [-0.05, 0) is 13.0 Å². The maximum atomic E-state index is 12.6. The second-order valence-electron chi connectivity index (χ2n) is 4.04. The first-order valence-corrected chi connectivity index (χ1v) is 5.86. The Labute approximate surface area is 121 Å². The minimum Gasteiger partial charge on any atom is -0.451 e. The molecule has 0 bridgehead atoms. The van der Waals surface area contributed by atoms with E-state index in [0.717, 1.165) is 0 Å². The highest BCUT2D eigenvalue weighted by Crippen LogP contribution is 2.29. The molecule has 116 valence electrons. The number of esters is 1. The summed E-state index contributed by atoms with van der Waals surface area (Å²) in [6.45, 7) is 0.349. The highest BCUT2D eigenvalue weighted by Gasteiger charge is 2.32. The quantitative estimate of drug-likeness (QED) is 0.833. The van der Waals surface area contributed by atoms with Crippen molar-refractivity contribution in [1.29, 1.82) is 0 Å². The van der Waals surface area contributed by atoms with Gasteiger partial charge in [0.2, 0.25) is 0 Å². The normalized spacial score (nSPS) is 12.8. The number of ether oxygens (including phenoxy) is 1. The lowest BCUT2D eigenvalue weighted by Gasteiger charge is -2.13. The van der Waals surface area contributed by atoms with E-state index < -0.39 is 46.8 Å². The van der Waals surface area contributed by atoms with E-state index in [1.165, 1.54) is 6.92 Å². The molecule has 1 aromatic rings. The molecule has 0 aliphatic heterocycles. The Morgan fingerprint density at radius 1 is 1.48 bits per heavy atom. The van der Waals surface area contributed by atoms with Crippen molar-refractivity contribution in [1.82, 2.24) is 4.57 Å². The molecule has 0 radical (unpaired) electrons. The molecule has 0 aliphatic carbocycles. The smallest absolute Gasteiger partial charge is 0.417 e. The molecule has 1 heterocycles. The van der Waals surface area contributed by atoms with Gasteiger partial charge in [-0.1, -0.05) is 11.6 Å². The van der Waals surface area contributed by atoms with E-state index in [0.29, 0.717) is 16.8 Å². The fraction of sp³-hybridized carbons (Fsp3) is 0.364. The second kappa shape index (κ2) is 6.17. The van der Waals surface area contributed by atoms with Crippen molar-refractivity contribution in [3.05, 3.63) is 33.2 Å². The molecule has 21 heavy (non-hydrogen) atoms. The van der Waals surface area contributed by atoms with Crippen LogP contribution in [0, 0.1) is 0 Å². The van der Waals surface area contributed by atoms with Gasteiger partial charge >= 0.3 is 12.1 Å². The van der Waals surface area contributed by atoms with Crippen LogP contribution in [0.3, 0.4) is 0 Å². The van der Waals surface area contributed by atoms with Crippen molar-refractivity contribution < 1.29 is 27.5 Å². The third-order valence-electron chi connectivity index (χ3n) is 2.38. The Bertz CT molecular complexity index is 627. The largest absolute Gasteiger partial charge is 0.451 e. The van der Waals surface area contributed by atoms with Crippen molar-refractivity contribution in [3.63, 3.8) is 0 Å². The van der Waals surface area contributed by atoms with Crippen molar-refractivity contribution in [2.75, 3.05) is 0 Å². The number of carbonyl (C=O) groups is 2. The molecular weight excluding hydrogens is 317 g/mol. The summed E-state index contributed by atoms with van der Waals surface area (Å²) < 4.78 is 42.7. The number of nitrogens with zero attached hydrogens (tertiary/aromatic N) is 1. The summed E-state index contributed by atoms with van der Waals surface area (Å²) >= 11 is 5.41. The van der Waals surface area contributed by atoms with Gasteiger partial charge in [-0.3, -0.25) is 14.4 Å². The van der Waals surface area contributed by atoms with E-state index in [1.807, 2.05) is 0 Å². The molecule has 0 saturated heterocycles. The highest BCUT2D eigenvalue weighted by molar-refractivity contribution is 6.30. The van der Waals surface area contributed by atoms with Gasteiger partial charge in [0.05, 0.1) is 5.56 Å². The molecule has 0 fully saturated rings. The third-order valence-corrected chi connectivity index (χ3v) is 2.65. The zero-order chi connectivity index (χ0) is 16.4. The molecular formula is C11H10ClF3N2O4. The fourth-order valence-electron chi connectivity index (χ4n) is 1.30. The summed E-state index contributed by atoms with van der Waals surface area (Å²) in [6.07, 6.45) is -5.57. The average Bonchev–Trinajstić information content (AvgIpc) is 2.33. The topological polar surface area (TPSA) is 91.4 Å². The highest BCUT2D eigenvalue weighted by atomic mass is 35.5. The van der Waals surface area contributed by atoms with Crippen molar-refractivity contribution in [3.8, 4) is 0 Å². The Morgan fingerprint density at radius 2 is 2.05 bits per heavy atom. The number of nitrogens with two attached hydrogens (primary N) is 1. The van der Waals surface area contributed by atoms with Crippen LogP contribution in [0.4, 0.5) is 13.2 Å². The van der Waals surface area contributed by atoms with Crippen LogP contribution < -0.4 is 11.3 Å². The summed E-state index contributed by atoms with van der Waals surface area (Å²) in [5.41, 5.74) is 2.67. The van der Waals surface area contributed by atoms with Gasteiger partial charge in [0.1, 0.15) is 11.6 Å². The van der Waals surface area contributed by atoms with Crippen LogP contribution in [-0.2, 0) is 27.0 Å². The first-order chi connectivity index (χ1) is 9.52. The summed E-state index contributed by atoms with van der Waals surface area (Å²) in [4.78, 5) is 33.7. The Kier molecular flexibility index (Phi) is 5.00. The minimum atomic E-state index is -4.73. The SMILES string of the molecule is C[C@@H](OC(=O)Cn1cc(C(F)(F)F)cc(Cl)c1=O)C(N)=O. The zero-order valence-electron chi connectivity index (χ0n) is 10.6. The minimum absolute atomic E-state index is 0.435. The van der Waals surface area contributed by atoms with Crippen LogP contribution in [0.25, 0.3) is 0 Å². The summed E-state index contributed by atoms with van der Waals surface area (Å²) in [6, 6.07) is 0.456. The van der Waals surface area contributed by atoms with E-state index in [-0.39, 0.29) is 0 Å². The van der Waals surface area contributed by atoms with E-state index in [1.54, 1.807) is 0 Å². The first kappa shape index (κ1) is 17.0. The van der Waals surface area contributed by atoms with Crippen LogP contribution in [0.5, 0.6) is 0 Å². The standard InChI is InChI=1S/C11H10ClF3N2O4/c1-5(9(16)19)21-8(18)4-17-3-6(11(13,14)15)2-7(12)10(17)20/h2-3,5H,4H2,1H3,(H2,16,19)/t5-/m1/s1. The van der Waals surface area contributed by atoms with Gasteiger partial charge in [0.25, 0.3) is 11.5 Å². The Morgan fingerprint density at radius 3 is 2.52 bits per heavy atom. The summed E-state index contributed by atoms with van der Waals surface area (Å²) in [7, 11) is 0. The van der Waals surface area contributed by atoms with Crippen LogP contribution >= 0.6 is 11.6 Å². The van der Waals surface area contributed by atoms with E-state index in [2.05, 4.69) is 4.74 Å². The third kappa shape index (κ3) is 4.48. The second-order valence-corrected chi connectivity index (χ2v) is 4.45. The maximum Gasteiger partial charge on any atom is 0.417 e. The van der Waals surface area contributed by atoms with Crippen LogP contribution in [0.15, 0.2) is 17.1 Å². The summed E-state index contributed by atoms with van der Waals surface area (Å²) in [5, 5.41) is -0.694. The molecule has 0 spiro atoms. The molecule has 10 heteroatoms. The van der Waals surface area contributed by atoms with E-state index in [4.69, 9.17) is 17.3 Å². The molecule has 1 rings (SSSR count). The van der Waals surface area contributed by atoms with Gasteiger partial charge in [0, 0.05) is 6.20 Å². The summed E-state index contributed by atoms with van der Waals surface area (Å²) in [5.74, 6) is -2.03. The Hall–Kier alpha value is -2.03. The number of amides is 1. The maximum absolute atomic E-state index is 12.6. The molecule has 1 amide bonds. The van der Waals surface area contributed by atoms with Crippen LogP contribution in [0.2, 0.25) is 5.02 Å². The van der Waals surface area contributed by atoms with Gasteiger partial charge in [-0.15, -0.1) is 0 Å². The monoisotopic (exact) mass is 326 g/mol. The first-order valence-electron chi connectivity index (χ1n) is 5.48. The number of primary amides is 1. The zero-order valence-corrected chi connectivity index (χ0v) is 11.4. The molecule has 0 unspecified atom stereocenters. The van der Waals surface area contributed by atoms with Crippen molar-refractivity contribution in [2.24, 2.45) is 5.73 Å². The number of halogens is 4. The number of aromatic nitrogens is 1. The van der Waals surface area contributed by atoms with Gasteiger partial charge in [-0.2, -0.15) is 13.2 Å². The number of hydrogen-bond acceptors (Lipinski definition) is 4. The number of rotatable bonds is 4. The van der Waals surface area contributed by atoms with Crippen molar-refractivity contribution in [2.45, 2.75) is 25.7 Å². The number of hydrogen-bond donors (Lipinski definition) is 1. The molecule has 1 aromatic heterocycles. The Balaban J connectivity index is 3.03. The number of pyridine rings is 1. The van der Waals surface area contributed by atoms with Gasteiger partial charge in [-0.25, -0.2) is 0 Å². The molecule has 0 aliphatic rings.